The molecule has 0 fully saturated rings. The average Bonchev–Trinajstić information content (AvgIpc) is 2.37. The van der Waals surface area contributed by atoms with Gasteiger partial charge in [0.15, 0.2) is 0 Å². The first-order valence-corrected chi connectivity index (χ1v) is 6.44. The van der Waals surface area contributed by atoms with Crippen LogP contribution in [0.25, 0.3) is 0 Å². The van der Waals surface area contributed by atoms with Gasteiger partial charge in [-0.3, -0.25) is 4.90 Å². The summed E-state index contributed by atoms with van der Waals surface area (Å²) in [5.41, 5.74) is 7.88. The number of ether oxygens (including phenoxy) is 1. The predicted molar refractivity (Wildman–Crippen MR) is 76.8 cm³/mol. The lowest BCUT2D eigenvalue weighted by Crippen LogP contribution is -2.29. The van der Waals surface area contributed by atoms with Crippen LogP contribution in [0.5, 0.6) is 5.75 Å². The Labute approximate surface area is 110 Å². The largest absolute Gasteiger partial charge is 0.492 e. The fourth-order valence-corrected chi connectivity index (χ4v) is 1.79. The summed E-state index contributed by atoms with van der Waals surface area (Å²) in [7, 11) is 0. The third-order valence-electron chi connectivity index (χ3n) is 2.75. The molecule has 2 N–H and O–H groups in total. The normalized spacial score (nSPS) is 10.7. The molecule has 0 aliphatic carbocycles. The number of nitrogens with two attached hydrogens (primary N) is 1. The summed E-state index contributed by atoms with van der Waals surface area (Å²) in [6.07, 6.45) is 0. The molecule has 0 amide bonds. The van der Waals surface area contributed by atoms with E-state index >= 15 is 0 Å². The van der Waals surface area contributed by atoms with Crippen molar-refractivity contribution in [3.8, 4) is 5.75 Å². The van der Waals surface area contributed by atoms with Gasteiger partial charge in [-0.2, -0.15) is 0 Å². The molecule has 0 aliphatic heterocycles. The van der Waals surface area contributed by atoms with Crippen LogP contribution in [0.4, 0.5) is 0 Å². The standard InChI is InChI=1S/C15H24N2O/c1-4-17(12-13(2)3)8-9-18-15-7-5-6-14(10-15)11-16/h5-7,10H,2,4,8-9,11-12,16H2,1,3H3. The molecular weight excluding hydrogens is 224 g/mol. The molecule has 0 radical (unpaired) electrons. The molecule has 0 saturated heterocycles. The minimum atomic E-state index is 0.550. The second-order valence-corrected chi connectivity index (χ2v) is 4.53. The van der Waals surface area contributed by atoms with Crippen LogP contribution in [-0.4, -0.2) is 31.1 Å². The van der Waals surface area contributed by atoms with Gasteiger partial charge in [0.2, 0.25) is 0 Å². The number of rotatable bonds is 8. The Kier molecular flexibility index (Phi) is 6.47. The topological polar surface area (TPSA) is 38.5 Å². The molecule has 1 rings (SSSR count). The first kappa shape index (κ1) is 14.7. The van der Waals surface area contributed by atoms with Gasteiger partial charge in [0.05, 0.1) is 0 Å². The SMILES string of the molecule is C=C(C)CN(CC)CCOc1cccc(CN)c1. The van der Waals surface area contributed by atoms with Gasteiger partial charge in [0, 0.05) is 19.6 Å². The third-order valence-corrected chi connectivity index (χ3v) is 2.75. The second kappa shape index (κ2) is 7.90. The molecule has 0 atom stereocenters. The molecule has 1 aromatic rings. The minimum Gasteiger partial charge on any atom is -0.492 e. The summed E-state index contributed by atoms with van der Waals surface area (Å²) >= 11 is 0. The Balaban J connectivity index is 2.37. The van der Waals surface area contributed by atoms with Crippen molar-refractivity contribution in [1.29, 1.82) is 0 Å². The Morgan fingerprint density at radius 2 is 2.22 bits per heavy atom. The van der Waals surface area contributed by atoms with Crippen LogP contribution in [0, 0.1) is 0 Å². The van der Waals surface area contributed by atoms with Gasteiger partial charge >= 0.3 is 0 Å². The molecule has 3 heteroatoms. The van der Waals surface area contributed by atoms with E-state index in [4.69, 9.17) is 10.5 Å². The predicted octanol–water partition coefficient (Wildman–Crippen LogP) is 2.42. The zero-order chi connectivity index (χ0) is 13.4. The van der Waals surface area contributed by atoms with Gasteiger partial charge < -0.3 is 10.5 Å². The Morgan fingerprint density at radius 1 is 1.44 bits per heavy atom. The van der Waals surface area contributed by atoms with Crippen LogP contribution >= 0.6 is 0 Å². The maximum Gasteiger partial charge on any atom is 0.119 e. The molecule has 0 spiro atoms. The van der Waals surface area contributed by atoms with Crippen molar-refractivity contribution < 1.29 is 4.74 Å². The first-order chi connectivity index (χ1) is 8.65. The van der Waals surface area contributed by atoms with Crippen molar-refractivity contribution in [3.05, 3.63) is 42.0 Å². The van der Waals surface area contributed by atoms with E-state index in [1.807, 2.05) is 31.2 Å². The van der Waals surface area contributed by atoms with E-state index in [1.165, 1.54) is 5.57 Å². The smallest absolute Gasteiger partial charge is 0.119 e. The summed E-state index contributed by atoms with van der Waals surface area (Å²) in [4.78, 5) is 2.31. The summed E-state index contributed by atoms with van der Waals surface area (Å²) < 4.78 is 5.74. The highest BCUT2D eigenvalue weighted by atomic mass is 16.5. The Bertz CT molecular complexity index is 377. The van der Waals surface area contributed by atoms with Crippen molar-refractivity contribution in [3.63, 3.8) is 0 Å². The Hall–Kier alpha value is -1.32. The lowest BCUT2D eigenvalue weighted by atomic mass is 10.2. The van der Waals surface area contributed by atoms with Gasteiger partial charge in [-0.15, -0.1) is 0 Å². The molecule has 0 heterocycles. The van der Waals surface area contributed by atoms with Gasteiger partial charge in [0.25, 0.3) is 0 Å². The van der Waals surface area contributed by atoms with Crippen LogP contribution in [0.2, 0.25) is 0 Å². The minimum absolute atomic E-state index is 0.550. The lowest BCUT2D eigenvalue weighted by molar-refractivity contribution is 0.227. The molecular formula is C15H24N2O. The van der Waals surface area contributed by atoms with Gasteiger partial charge in [-0.1, -0.05) is 31.2 Å². The van der Waals surface area contributed by atoms with Crippen molar-refractivity contribution in [1.82, 2.24) is 4.90 Å². The van der Waals surface area contributed by atoms with E-state index in [2.05, 4.69) is 18.4 Å². The fraction of sp³-hybridized carbons (Fsp3) is 0.467. The number of nitrogens with zero attached hydrogens (tertiary/aromatic N) is 1. The summed E-state index contributed by atoms with van der Waals surface area (Å²) in [5, 5.41) is 0. The lowest BCUT2D eigenvalue weighted by Gasteiger charge is -2.20. The molecule has 0 aromatic heterocycles. The van der Waals surface area contributed by atoms with E-state index in [0.29, 0.717) is 13.2 Å². The maximum absolute atomic E-state index is 5.74. The monoisotopic (exact) mass is 248 g/mol. The molecule has 3 nitrogen and oxygen atoms in total. The van der Waals surface area contributed by atoms with Crippen molar-refractivity contribution in [2.45, 2.75) is 20.4 Å². The van der Waals surface area contributed by atoms with Gasteiger partial charge in [-0.05, 0) is 31.2 Å². The van der Waals surface area contributed by atoms with Crippen LogP contribution < -0.4 is 10.5 Å². The van der Waals surface area contributed by atoms with Gasteiger partial charge in [0.1, 0.15) is 12.4 Å². The quantitative estimate of drug-likeness (QED) is 0.718. The molecule has 0 bridgehead atoms. The summed E-state index contributed by atoms with van der Waals surface area (Å²) in [5.74, 6) is 0.893. The summed E-state index contributed by atoms with van der Waals surface area (Å²) in [6, 6.07) is 7.94. The van der Waals surface area contributed by atoms with Crippen molar-refractivity contribution >= 4 is 0 Å². The molecule has 0 unspecified atom stereocenters. The number of hydrogen-bond donors (Lipinski definition) is 1. The van der Waals surface area contributed by atoms with Crippen molar-refractivity contribution in [2.24, 2.45) is 5.73 Å². The van der Waals surface area contributed by atoms with Crippen molar-refractivity contribution in [2.75, 3.05) is 26.2 Å². The molecule has 1 aromatic carbocycles. The van der Waals surface area contributed by atoms with Crippen LogP contribution in [0.3, 0.4) is 0 Å². The van der Waals surface area contributed by atoms with Crippen LogP contribution in [-0.2, 0) is 6.54 Å². The highest BCUT2D eigenvalue weighted by molar-refractivity contribution is 5.28. The van der Waals surface area contributed by atoms with E-state index in [0.717, 1.165) is 30.9 Å². The van der Waals surface area contributed by atoms with Gasteiger partial charge in [-0.25, -0.2) is 0 Å². The highest BCUT2D eigenvalue weighted by Gasteiger charge is 2.02. The fourth-order valence-electron chi connectivity index (χ4n) is 1.79. The molecule has 0 saturated carbocycles. The number of hydrogen-bond acceptors (Lipinski definition) is 3. The van der Waals surface area contributed by atoms with Crippen LogP contribution in [0.15, 0.2) is 36.4 Å². The zero-order valence-corrected chi connectivity index (χ0v) is 11.5. The number of likely N-dealkylation sites (N-methyl/N-ethyl adjacent to an activating group) is 1. The van der Waals surface area contributed by atoms with E-state index in [1.54, 1.807) is 0 Å². The molecule has 18 heavy (non-hydrogen) atoms. The van der Waals surface area contributed by atoms with E-state index < -0.39 is 0 Å². The average molecular weight is 248 g/mol. The zero-order valence-electron chi connectivity index (χ0n) is 11.5. The second-order valence-electron chi connectivity index (χ2n) is 4.53. The highest BCUT2D eigenvalue weighted by Crippen LogP contribution is 2.12. The summed E-state index contributed by atoms with van der Waals surface area (Å²) in [6.45, 7) is 12.2. The first-order valence-electron chi connectivity index (χ1n) is 6.44. The number of benzene rings is 1. The molecule has 100 valence electrons. The van der Waals surface area contributed by atoms with Crippen LogP contribution in [0.1, 0.15) is 19.4 Å². The van der Waals surface area contributed by atoms with E-state index in [9.17, 15) is 0 Å². The Morgan fingerprint density at radius 3 is 2.83 bits per heavy atom. The third kappa shape index (κ3) is 5.34. The van der Waals surface area contributed by atoms with E-state index in [-0.39, 0.29) is 0 Å². The molecule has 0 aliphatic rings. The maximum atomic E-state index is 5.74.